The third-order valence-electron chi connectivity index (χ3n) is 2.07. The van der Waals surface area contributed by atoms with Gasteiger partial charge in [-0.3, -0.25) is 0 Å². The fourth-order valence-corrected chi connectivity index (χ4v) is 1.80. The molecule has 0 nitrogen and oxygen atoms in total. The molecule has 1 fully saturated rings. The van der Waals surface area contributed by atoms with Crippen molar-refractivity contribution in [2.45, 2.75) is 50.6 Å². The molecule has 0 N–H and O–H groups in total. The molecule has 1 aliphatic rings. The smallest absolute Gasteiger partial charge is 1.00 e. The Morgan fingerprint density at radius 3 is 1.55 bits per heavy atom. The van der Waals surface area contributed by atoms with Gasteiger partial charge in [-0.1, -0.05) is 32.1 Å². The summed E-state index contributed by atoms with van der Waals surface area (Å²) in [4.78, 5) is 0. The number of hydrogen-bond donors (Lipinski definition) is 0. The first kappa shape index (κ1) is 15.1. The summed E-state index contributed by atoms with van der Waals surface area (Å²) in [7, 11) is 4.48. The van der Waals surface area contributed by atoms with Crippen LogP contribution in [0, 0.1) is 0 Å². The van der Waals surface area contributed by atoms with Crippen molar-refractivity contribution < 1.29 is 37.7 Å². The predicted octanol–water partition coefficient (Wildman–Crippen LogP) is -2.48. The quantitative estimate of drug-likeness (QED) is 0.269. The molecule has 0 aliphatic heterocycles. The molecule has 1 aliphatic carbocycles. The predicted molar refractivity (Wildman–Crippen MR) is 43.0 cm³/mol. The minimum atomic E-state index is 0. The summed E-state index contributed by atoms with van der Waals surface area (Å²) in [6.07, 6.45) is 9.86. The van der Waals surface area contributed by atoms with Gasteiger partial charge in [0.2, 0.25) is 0 Å². The van der Waals surface area contributed by atoms with Crippen LogP contribution in [0.5, 0.6) is 0 Å². The van der Waals surface area contributed by atoms with Crippen LogP contribution in [0.2, 0.25) is 0 Å². The molecular formula is C8H15Li2P. The zero-order valence-corrected chi connectivity index (χ0v) is 8.87. The molecule has 0 amide bonds. The SMILES string of the molecule is [Li+].[Li+].[P-2]C1CCCCCCC1. The van der Waals surface area contributed by atoms with E-state index in [2.05, 4.69) is 9.24 Å². The molecule has 0 aromatic heterocycles. The van der Waals surface area contributed by atoms with E-state index in [4.69, 9.17) is 0 Å². The minimum absolute atomic E-state index is 0. The third-order valence-corrected chi connectivity index (χ3v) is 2.59. The second-order valence-corrected chi connectivity index (χ2v) is 3.73. The largest absolute Gasteiger partial charge is 1.49 e. The van der Waals surface area contributed by atoms with Gasteiger partial charge in [0.05, 0.1) is 0 Å². The van der Waals surface area contributed by atoms with Crippen LogP contribution in [-0.4, -0.2) is 5.66 Å². The van der Waals surface area contributed by atoms with E-state index in [0.29, 0.717) is 5.66 Å². The maximum Gasteiger partial charge on any atom is 1.00 e. The first-order valence-corrected chi connectivity index (χ1v) is 4.59. The average Bonchev–Trinajstić information content (AvgIpc) is 1.79. The fraction of sp³-hybridized carbons (Fsp3) is 1.00. The normalized spacial score (nSPS) is 20.5. The van der Waals surface area contributed by atoms with E-state index in [-0.39, 0.29) is 37.7 Å². The van der Waals surface area contributed by atoms with E-state index < -0.39 is 0 Å². The van der Waals surface area contributed by atoms with Gasteiger partial charge in [0.15, 0.2) is 0 Å². The zero-order chi connectivity index (χ0) is 6.53. The van der Waals surface area contributed by atoms with E-state index in [9.17, 15) is 0 Å². The standard InChI is InChI=1S/C8H15P.2Li/c9-8-6-4-2-1-3-5-7-8;;/h8H,1-7H2;;/q-2;2*+1. The molecular weight excluding hydrogens is 141 g/mol. The molecule has 0 aromatic carbocycles. The van der Waals surface area contributed by atoms with E-state index in [1.165, 1.54) is 44.9 Å². The van der Waals surface area contributed by atoms with Gasteiger partial charge in [-0.15, -0.1) is 12.8 Å². The first-order chi connectivity index (χ1) is 4.39. The first-order valence-electron chi connectivity index (χ1n) is 4.07. The summed E-state index contributed by atoms with van der Waals surface area (Å²) in [6, 6.07) is 0. The fourth-order valence-electron chi connectivity index (χ4n) is 1.43. The Morgan fingerprint density at radius 1 is 0.727 bits per heavy atom. The maximum atomic E-state index is 4.48. The zero-order valence-electron chi connectivity index (χ0n) is 7.97. The Bertz CT molecular complexity index is 70.5. The summed E-state index contributed by atoms with van der Waals surface area (Å²) >= 11 is 0. The Balaban J connectivity index is 0. The molecule has 0 spiro atoms. The molecule has 11 heavy (non-hydrogen) atoms. The van der Waals surface area contributed by atoms with Crippen molar-refractivity contribution in [2.24, 2.45) is 0 Å². The third kappa shape index (κ3) is 7.97. The molecule has 54 valence electrons. The molecule has 0 heterocycles. The molecule has 1 rings (SSSR count). The van der Waals surface area contributed by atoms with Crippen molar-refractivity contribution in [3.8, 4) is 0 Å². The van der Waals surface area contributed by atoms with E-state index in [1.54, 1.807) is 0 Å². The Hall–Kier alpha value is 1.62. The summed E-state index contributed by atoms with van der Waals surface area (Å²) < 4.78 is 0. The van der Waals surface area contributed by atoms with Gasteiger partial charge in [0, 0.05) is 0 Å². The summed E-state index contributed by atoms with van der Waals surface area (Å²) in [6.45, 7) is 0. The van der Waals surface area contributed by atoms with Crippen LogP contribution in [0.1, 0.15) is 44.9 Å². The van der Waals surface area contributed by atoms with Gasteiger partial charge in [0.25, 0.3) is 0 Å². The van der Waals surface area contributed by atoms with Crippen LogP contribution < -0.4 is 37.7 Å². The molecule has 0 unspecified atom stereocenters. The van der Waals surface area contributed by atoms with Gasteiger partial charge < -0.3 is 14.9 Å². The van der Waals surface area contributed by atoms with Crippen LogP contribution in [0.25, 0.3) is 0 Å². The van der Waals surface area contributed by atoms with Crippen molar-refractivity contribution in [3.63, 3.8) is 0 Å². The molecule has 0 atom stereocenters. The van der Waals surface area contributed by atoms with Gasteiger partial charge >= 0.3 is 37.7 Å². The maximum absolute atomic E-state index is 4.48. The molecule has 1 saturated carbocycles. The van der Waals surface area contributed by atoms with Crippen molar-refractivity contribution in [2.75, 3.05) is 0 Å². The van der Waals surface area contributed by atoms with E-state index >= 15 is 0 Å². The van der Waals surface area contributed by atoms with Gasteiger partial charge in [0.1, 0.15) is 0 Å². The van der Waals surface area contributed by atoms with Gasteiger partial charge in [-0.25, -0.2) is 0 Å². The van der Waals surface area contributed by atoms with Crippen LogP contribution in [0.3, 0.4) is 0 Å². The van der Waals surface area contributed by atoms with E-state index in [1.807, 2.05) is 0 Å². The van der Waals surface area contributed by atoms with Gasteiger partial charge in [-0.2, -0.15) is 0 Å². The Labute approximate surface area is 97.2 Å². The van der Waals surface area contributed by atoms with Crippen molar-refractivity contribution in [3.05, 3.63) is 0 Å². The molecule has 3 heteroatoms. The van der Waals surface area contributed by atoms with Crippen molar-refractivity contribution in [1.82, 2.24) is 0 Å². The summed E-state index contributed by atoms with van der Waals surface area (Å²) in [5.74, 6) is 0. The number of hydrogen-bond acceptors (Lipinski definition) is 0. The second-order valence-electron chi connectivity index (χ2n) is 3.00. The van der Waals surface area contributed by atoms with Crippen LogP contribution in [0.4, 0.5) is 0 Å². The minimum Gasteiger partial charge on any atom is -1.49 e. The van der Waals surface area contributed by atoms with Crippen molar-refractivity contribution >= 4 is 9.24 Å². The molecule has 0 radical (unpaired) electrons. The number of rotatable bonds is 0. The van der Waals surface area contributed by atoms with Crippen LogP contribution in [-0.2, 0) is 0 Å². The monoisotopic (exact) mass is 156 g/mol. The molecule has 0 saturated heterocycles. The topological polar surface area (TPSA) is 0 Å². The van der Waals surface area contributed by atoms with Crippen LogP contribution in [0.15, 0.2) is 0 Å². The summed E-state index contributed by atoms with van der Waals surface area (Å²) in [5.41, 5.74) is 0.713. The Kier molecular flexibility index (Phi) is 13.3. The van der Waals surface area contributed by atoms with Crippen LogP contribution >= 0.6 is 9.24 Å². The van der Waals surface area contributed by atoms with E-state index in [0.717, 1.165) is 0 Å². The summed E-state index contributed by atoms with van der Waals surface area (Å²) in [5, 5.41) is 0. The van der Waals surface area contributed by atoms with Gasteiger partial charge in [-0.05, 0) is 0 Å². The van der Waals surface area contributed by atoms with Crippen molar-refractivity contribution in [1.29, 1.82) is 0 Å². The average molecular weight is 156 g/mol. The molecule has 0 bridgehead atoms. The Morgan fingerprint density at radius 2 is 1.09 bits per heavy atom. The second kappa shape index (κ2) is 9.71. The molecule has 0 aromatic rings.